The van der Waals surface area contributed by atoms with Crippen LogP contribution in [0.5, 0.6) is 5.88 Å². The van der Waals surface area contributed by atoms with Crippen LogP contribution in [0.25, 0.3) is 0 Å². The first-order chi connectivity index (χ1) is 10.2. The number of alkyl carbamates (subject to hydrolysis) is 1. The predicted molar refractivity (Wildman–Crippen MR) is 83.3 cm³/mol. The van der Waals surface area contributed by atoms with E-state index in [9.17, 15) is 4.79 Å². The molecular formula is C15H22N4O3. The topological polar surface area (TPSA) is 99.4 Å². The van der Waals surface area contributed by atoms with Crippen LogP contribution in [-0.4, -0.2) is 34.8 Å². The van der Waals surface area contributed by atoms with Gasteiger partial charge in [-0.3, -0.25) is 0 Å². The molecule has 0 bridgehead atoms. The summed E-state index contributed by atoms with van der Waals surface area (Å²) in [5.74, 6) is 6.29. The van der Waals surface area contributed by atoms with Crippen LogP contribution in [0.2, 0.25) is 0 Å². The molecule has 0 fully saturated rings. The highest BCUT2D eigenvalue weighted by atomic mass is 16.6. The maximum atomic E-state index is 11.6. The molecule has 1 aromatic rings. The minimum Gasteiger partial charge on any atom is -0.480 e. The first-order valence-corrected chi connectivity index (χ1v) is 6.86. The van der Waals surface area contributed by atoms with E-state index in [0.717, 1.165) is 0 Å². The van der Waals surface area contributed by atoms with E-state index in [0.29, 0.717) is 17.9 Å². The van der Waals surface area contributed by atoms with E-state index in [4.69, 9.17) is 15.2 Å². The third-order valence-electron chi connectivity index (χ3n) is 2.36. The van der Waals surface area contributed by atoms with Gasteiger partial charge in [0.1, 0.15) is 11.2 Å². The minimum atomic E-state index is -0.524. The Morgan fingerprint density at radius 3 is 2.77 bits per heavy atom. The lowest BCUT2D eigenvalue weighted by Crippen LogP contribution is -2.37. The van der Waals surface area contributed by atoms with E-state index in [1.807, 2.05) is 27.7 Å². The lowest BCUT2D eigenvalue weighted by atomic mass is 10.2. The second kappa shape index (κ2) is 7.50. The number of anilines is 1. The number of ether oxygens (including phenoxy) is 2. The first kappa shape index (κ1) is 17.6. The fraction of sp³-hybridized carbons (Fsp3) is 0.533. The van der Waals surface area contributed by atoms with Gasteiger partial charge in [-0.05, 0) is 27.7 Å². The largest absolute Gasteiger partial charge is 0.480 e. The van der Waals surface area contributed by atoms with Crippen molar-refractivity contribution in [2.45, 2.75) is 45.8 Å². The Morgan fingerprint density at radius 2 is 2.18 bits per heavy atom. The van der Waals surface area contributed by atoms with Gasteiger partial charge in [0, 0.05) is 12.5 Å². The summed E-state index contributed by atoms with van der Waals surface area (Å²) in [4.78, 5) is 19.4. The highest BCUT2D eigenvalue weighted by Crippen LogP contribution is 2.13. The second-order valence-corrected chi connectivity index (χ2v) is 5.70. The minimum absolute atomic E-state index is 0.127. The molecule has 0 spiro atoms. The molecule has 7 heteroatoms. The second-order valence-electron chi connectivity index (χ2n) is 5.70. The summed E-state index contributed by atoms with van der Waals surface area (Å²) >= 11 is 0. The molecule has 120 valence electrons. The maximum Gasteiger partial charge on any atom is 0.407 e. The number of carbonyl (C=O) groups is 1. The van der Waals surface area contributed by atoms with E-state index in [1.165, 1.54) is 13.3 Å². The Kier molecular flexibility index (Phi) is 5.99. The number of nitrogen functional groups attached to an aromatic ring is 1. The standard InChI is InChI=1S/C15H22N4O3/c1-10(18-14(20)22-15(2,3)4)7-6-8-11-9-17-13(16)19-12(11)21-5/h9-10H,7H2,1-5H3,(H,18,20)(H2,16,17,19)/t10-/m0/s1. The number of hydrogen-bond donors (Lipinski definition) is 2. The van der Waals surface area contributed by atoms with Crippen molar-refractivity contribution in [3.8, 4) is 17.7 Å². The highest BCUT2D eigenvalue weighted by Gasteiger charge is 2.17. The zero-order chi connectivity index (χ0) is 16.8. The molecule has 1 heterocycles. The third kappa shape index (κ3) is 6.31. The van der Waals surface area contributed by atoms with Gasteiger partial charge in [0.2, 0.25) is 11.8 Å². The summed E-state index contributed by atoms with van der Waals surface area (Å²) in [6.45, 7) is 7.27. The Labute approximate surface area is 130 Å². The maximum absolute atomic E-state index is 11.6. The molecule has 1 aromatic heterocycles. The van der Waals surface area contributed by atoms with Crippen molar-refractivity contribution in [1.29, 1.82) is 0 Å². The van der Waals surface area contributed by atoms with Crippen LogP contribution in [-0.2, 0) is 4.74 Å². The van der Waals surface area contributed by atoms with E-state index in [1.54, 1.807) is 0 Å². The lowest BCUT2D eigenvalue weighted by molar-refractivity contribution is 0.0509. The van der Waals surface area contributed by atoms with E-state index in [-0.39, 0.29) is 12.0 Å². The molecule has 1 amide bonds. The number of amides is 1. The van der Waals surface area contributed by atoms with Gasteiger partial charge in [0.25, 0.3) is 0 Å². The van der Waals surface area contributed by atoms with Gasteiger partial charge in [-0.2, -0.15) is 4.98 Å². The first-order valence-electron chi connectivity index (χ1n) is 6.86. The molecule has 0 aromatic carbocycles. The van der Waals surface area contributed by atoms with Gasteiger partial charge in [0.15, 0.2) is 0 Å². The fourth-order valence-corrected chi connectivity index (χ4v) is 1.48. The average Bonchev–Trinajstić information content (AvgIpc) is 2.37. The molecule has 0 radical (unpaired) electrons. The van der Waals surface area contributed by atoms with Crippen molar-refractivity contribution in [3.05, 3.63) is 11.8 Å². The number of aromatic nitrogens is 2. The number of carbonyl (C=O) groups excluding carboxylic acids is 1. The van der Waals surface area contributed by atoms with Crippen LogP contribution in [0.4, 0.5) is 10.7 Å². The Balaban J connectivity index is 2.58. The highest BCUT2D eigenvalue weighted by molar-refractivity contribution is 5.68. The van der Waals surface area contributed by atoms with E-state index in [2.05, 4.69) is 27.1 Å². The van der Waals surface area contributed by atoms with Crippen molar-refractivity contribution in [3.63, 3.8) is 0 Å². The zero-order valence-corrected chi connectivity index (χ0v) is 13.6. The predicted octanol–water partition coefficient (Wildman–Crippen LogP) is 1.72. The Morgan fingerprint density at radius 1 is 1.50 bits per heavy atom. The normalized spacial score (nSPS) is 11.9. The molecule has 0 aliphatic heterocycles. The monoisotopic (exact) mass is 306 g/mol. The van der Waals surface area contributed by atoms with Crippen molar-refractivity contribution < 1.29 is 14.3 Å². The molecular weight excluding hydrogens is 284 g/mol. The molecule has 3 N–H and O–H groups in total. The SMILES string of the molecule is COc1nc(N)ncc1C#CC[C@H](C)NC(=O)OC(C)(C)C. The van der Waals surface area contributed by atoms with E-state index >= 15 is 0 Å². The molecule has 0 unspecified atom stereocenters. The summed E-state index contributed by atoms with van der Waals surface area (Å²) in [6.07, 6.45) is 1.49. The number of nitrogens with two attached hydrogens (primary N) is 1. The van der Waals surface area contributed by atoms with E-state index < -0.39 is 11.7 Å². The number of nitrogens with one attached hydrogen (secondary N) is 1. The van der Waals surface area contributed by atoms with Crippen LogP contribution in [0.15, 0.2) is 6.20 Å². The van der Waals surface area contributed by atoms with Crippen molar-refractivity contribution in [2.24, 2.45) is 0 Å². The van der Waals surface area contributed by atoms with Crippen LogP contribution >= 0.6 is 0 Å². The molecule has 1 rings (SSSR count). The Hall–Kier alpha value is -2.49. The van der Waals surface area contributed by atoms with Crippen molar-refractivity contribution in [2.75, 3.05) is 12.8 Å². The summed E-state index contributed by atoms with van der Waals surface area (Å²) in [5, 5.41) is 2.71. The molecule has 0 saturated heterocycles. The van der Waals surface area contributed by atoms with Crippen LogP contribution < -0.4 is 15.8 Å². The smallest absolute Gasteiger partial charge is 0.407 e. The van der Waals surface area contributed by atoms with Crippen molar-refractivity contribution >= 4 is 12.0 Å². The number of hydrogen-bond acceptors (Lipinski definition) is 6. The van der Waals surface area contributed by atoms with Gasteiger partial charge in [0.05, 0.1) is 13.3 Å². The van der Waals surface area contributed by atoms with Crippen LogP contribution in [0.3, 0.4) is 0 Å². The zero-order valence-electron chi connectivity index (χ0n) is 13.6. The lowest BCUT2D eigenvalue weighted by Gasteiger charge is -2.21. The molecule has 0 saturated carbocycles. The van der Waals surface area contributed by atoms with Gasteiger partial charge >= 0.3 is 6.09 Å². The third-order valence-corrected chi connectivity index (χ3v) is 2.36. The molecule has 0 aliphatic carbocycles. The van der Waals surface area contributed by atoms with Gasteiger partial charge in [-0.25, -0.2) is 9.78 Å². The van der Waals surface area contributed by atoms with Crippen LogP contribution in [0.1, 0.15) is 39.7 Å². The molecule has 1 atom stereocenters. The number of methoxy groups -OCH3 is 1. The fourth-order valence-electron chi connectivity index (χ4n) is 1.48. The molecule has 0 aliphatic rings. The van der Waals surface area contributed by atoms with Crippen molar-refractivity contribution in [1.82, 2.24) is 15.3 Å². The quantitative estimate of drug-likeness (QED) is 0.825. The number of rotatable bonds is 3. The summed E-state index contributed by atoms with van der Waals surface area (Å²) in [5.41, 5.74) is 5.49. The Bertz CT molecular complexity index is 585. The summed E-state index contributed by atoms with van der Waals surface area (Å²) in [6, 6.07) is -0.150. The molecule has 22 heavy (non-hydrogen) atoms. The van der Waals surface area contributed by atoms with Gasteiger partial charge in [-0.1, -0.05) is 11.8 Å². The van der Waals surface area contributed by atoms with Crippen LogP contribution in [0, 0.1) is 11.8 Å². The van der Waals surface area contributed by atoms with Gasteiger partial charge < -0.3 is 20.5 Å². The summed E-state index contributed by atoms with van der Waals surface area (Å²) in [7, 11) is 1.49. The number of nitrogens with zero attached hydrogens (tertiary/aromatic N) is 2. The average molecular weight is 306 g/mol. The molecule has 7 nitrogen and oxygen atoms in total. The van der Waals surface area contributed by atoms with Gasteiger partial charge in [-0.15, -0.1) is 0 Å². The summed E-state index contributed by atoms with van der Waals surface area (Å²) < 4.78 is 10.3.